The Balaban J connectivity index is 2.64. The number of aliphatic hydroxyl groups is 1. The topological polar surface area (TPSA) is 37.3 Å². The van der Waals surface area contributed by atoms with Gasteiger partial charge in [0.2, 0.25) is 0 Å². The van der Waals surface area contributed by atoms with Crippen LogP contribution in [0.15, 0.2) is 0 Å². The van der Waals surface area contributed by atoms with Crippen molar-refractivity contribution in [1.82, 2.24) is 0 Å². The lowest BCUT2D eigenvalue weighted by Crippen LogP contribution is -2.46. The second-order valence-corrected chi connectivity index (χ2v) is 3.02. The van der Waals surface area contributed by atoms with Crippen molar-refractivity contribution in [3.05, 3.63) is 0 Å². The van der Waals surface area contributed by atoms with Crippen molar-refractivity contribution in [3.63, 3.8) is 0 Å². The van der Waals surface area contributed by atoms with Crippen LogP contribution in [-0.4, -0.2) is 17.0 Å². The third-order valence-corrected chi connectivity index (χ3v) is 2.43. The van der Waals surface area contributed by atoms with E-state index in [1.807, 2.05) is 6.92 Å². The summed E-state index contributed by atoms with van der Waals surface area (Å²) in [5, 5.41) is 9.08. The van der Waals surface area contributed by atoms with Crippen molar-refractivity contribution in [1.29, 1.82) is 0 Å². The normalized spacial score (nSPS) is 37.9. The summed E-state index contributed by atoms with van der Waals surface area (Å²) in [6.45, 7) is 3.50. The first kappa shape index (κ1) is 6.75. The number of hydrogen-bond donors (Lipinski definition) is 1. The molecule has 2 nitrogen and oxygen atoms in total. The van der Waals surface area contributed by atoms with Crippen LogP contribution >= 0.6 is 0 Å². The molecule has 0 amide bonds. The van der Waals surface area contributed by atoms with E-state index in [0.717, 1.165) is 6.42 Å². The summed E-state index contributed by atoms with van der Waals surface area (Å²) in [5.74, 6) is 0.206. The van der Waals surface area contributed by atoms with Crippen molar-refractivity contribution in [2.24, 2.45) is 5.41 Å². The maximum absolute atomic E-state index is 10.8. The van der Waals surface area contributed by atoms with Gasteiger partial charge in [0, 0.05) is 6.42 Å². The summed E-state index contributed by atoms with van der Waals surface area (Å²) in [7, 11) is 0. The zero-order chi connectivity index (χ0) is 7.07. The molecule has 2 atom stereocenters. The Morgan fingerprint density at radius 3 is 2.33 bits per heavy atom. The molecule has 0 aliphatic heterocycles. The monoisotopic (exact) mass is 128 g/mol. The molecule has 2 heteroatoms. The summed E-state index contributed by atoms with van der Waals surface area (Å²) >= 11 is 0. The molecular formula is C7H12O2. The average molecular weight is 128 g/mol. The van der Waals surface area contributed by atoms with E-state index in [4.69, 9.17) is 5.11 Å². The summed E-state index contributed by atoms with van der Waals surface area (Å²) in [4.78, 5) is 10.8. The lowest BCUT2D eigenvalue weighted by Gasteiger charge is -2.38. The van der Waals surface area contributed by atoms with E-state index in [0.29, 0.717) is 6.42 Å². The lowest BCUT2D eigenvalue weighted by molar-refractivity contribution is -0.144. The molecule has 1 saturated carbocycles. The van der Waals surface area contributed by atoms with Gasteiger partial charge in [-0.05, 0) is 13.3 Å². The Hall–Kier alpha value is -0.370. The van der Waals surface area contributed by atoms with E-state index in [2.05, 4.69) is 0 Å². The number of carbonyl (C=O) groups is 1. The molecule has 1 rings (SSSR count). The number of carbonyl (C=O) groups excluding carboxylic acids is 1. The van der Waals surface area contributed by atoms with Crippen LogP contribution in [0.3, 0.4) is 0 Å². The molecule has 0 bridgehead atoms. The number of hydrogen-bond acceptors (Lipinski definition) is 2. The SMILES string of the molecule is CC(O)C1(C)CCC1=O. The fourth-order valence-corrected chi connectivity index (χ4v) is 1.06. The van der Waals surface area contributed by atoms with Crippen molar-refractivity contribution >= 4 is 5.78 Å². The van der Waals surface area contributed by atoms with Crippen molar-refractivity contribution in [2.75, 3.05) is 0 Å². The quantitative estimate of drug-likeness (QED) is 0.565. The molecule has 0 aromatic rings. The van der Waals surface area contributed by atoms with Crippen LogP contribution in [-0.2, 0) is 4.79 Å². The van der Waals surface area contributed by atoms with Crippen LogP contribution in [0.25, 0.3) is 0 Å². The maximum atomic E-state index is 10.8. The third-order valence-electron chi connectivity index (χ3n) is 2.43. The summed E-state index contributed by atoms with van der Waals surface area (Å²) in [6.07, 6.45) is 1.03. The summed E-state index contributed by atoms with van der Waals surface area (Å²) in [6, 6.07) is 0. The molecule has 9 heavy (non-hydrogen) atoms. The van der Waals surface area contributed by atoms with Crippen molar-refractivity contribution < 1.29 is 9.90 Å². The van der Waals surface area contributed by atoms with Gasteiger partial charge in [-0.25, -0.2) is 0 Å². The lowest BCUT2D eigenvalue weighted by atomic mass is 9.66. The molecule has 52 valence electrons. The molecule has 0 radical (unpaired) electrons. The van der Waals surface area contributed by atoms with E-state index < -0.39 is 11.5 Å². The van der Waals surface area contributed by atoms with Gasteiger partial charge in [-0.2, -0.15) is 0 Å². The highest BCUT2D eigenvalue weighted by Gasteiger charge is 2.44. The van der Waals surface area contributed by atoms with E-state index >= 15 is 0 Å². The molecule has 0 aromatic heterocycles. The molecule has 1 fully saturated rings. The maximum Gasteiger partial charge on any atom is 0.141 e. The van der Waals surface area contributed by atoms with Crippen LogP contribution in [0.5, 0.6) is 0 Å². The Morgan fingerprint density at radius 2 is 2.33 bits per heavy atom. The van der Waals surface area contributed by atoms with Crippen LogP contribution in [0, 0.1) is 5.41 Å². The standard InChI is InChI=1S/C7H12O2/c1-5(8)7(2)4-3-6(7)9/h5,8H,3-4H2,1-2H3. The second kappa shape index (κ2) is 1.81. The summed E-state index contributed by atoms with van der Waals surface area (Å²) < 4.78 is 0. The minimum absolute atomic E-state index is 0.206. The highest BCUT2D eigenvalue weighted by atomic mass is 16.3. The third kappa shape index (κ3) is 0.778. The first-order valence-corrected chi connectivity index (χ1v) is 3.29. The van der Waals surface area contributed by atoms with Crippen LogP contribution < -0.4 is 0 Å². The number of rotatable bonds is 1. The van der Waals surface area contributed by atoms with Gasteiger partial charge in [-0.15, -0.1) is 0 Å². The molecule has 1 aliphatic rings. The fraction of sp³-hybridized carbons (Fsp3) is 0.857. The van der Waals surface area contributed by atoms with E-state index in [-0.39, 0.29) is 5.78 Å². The molecule has 0 saturated heterocycles. The molecule has 1 N–H and O–H groups in total. The van der Waals surface area contributed by atoms with Gasteiger partial charge in [0.1, 0.15) is 5.78 Å². The zero-order valence-electron chi connectivity index (χ0n) is 5.85. The Bertz CT molecular complexity index is 140. The summed E-state index contributed by atoms with van der Waals surface area (Å²) in [5.41, 5.74) is -0.403. The van der Waals surface area contributed by atoms with Gasteiger partial charge in [0.05, 0.1) is 11.5 Å². The Labute approximate surface area is 54.9 Å². The molecule has 0 aromatic carbocycles. The molecular weight excluding hydrogens is 116 g/mol. The number of aliphatic hydroxyl groups excluding tert-OH is 1. The fourth-order valence-electron chi connectivity index (χ4n) is 1.06. The first-order valence-electron chi connectivity index (χ1n) is 3.29. The highest BCUT2D eigenvalue weighted by Crippen LogP contribution is 2.39. The van der Waals surface area contributed by atoms with Gasteiger partial charge < -0.3 is 5.11 Å². The van der Waals surface area contributed by atoms with Crippen molar-refractivity contribution in [3.8, 4) is 0 Å². The second-order valence-electron chi connectivity index (χ2n) is 3.02. The van der Waals surface area contributed by atoms with Gasteiger partial charge in [-0.3, -0.25) is 4.79 Å². The van der Waals surface area contributed by atoms with Crippen LogP contribution in [0.4, 0.5) is 0 Å². The van der Waals surface area contributed by atoms with Gasteiger partial charge in [0.25, 0.3) is 0 Å². The van der Waals surface area contributed by atoms with Crippen LogP contribution in [0.1, 0.15) is 26.7 Å². The van der Waals surface area contributed by atoms with Crippen LogP contribution in [0.2, 0.25) is 0 Å². The Morgan fingerprint density at radius 1 is 1.78 bits per heavy atom. The van der Waals surface area contributed by atoms with Gasteiger partial charge in [-0.1, -0.05) is 6.92 Å². The van der Waals surface area contributed by atoms with Gasteiger partial charge >= 0.3 is 0 Å². The minimum Gasteiger partial charge on any atom is -0.392 e. The van der Waals surface area contributed by atoms with Crippen molar-refractivity contribution in [2.45, 2.75) is 32.8 Å². The number of Topliss-reactive ketones (excluding diaryl/α,β-unsaturated/α-hetero) is 1. The van der Waals surface area contributed by atoms with Gasteiger partial charge in [0.15, 0.2) is 0 Å². The predicted molar refractivity (Wildman–Crippen MR) is 34.0 cm³/mol. The zero-order valence-corrected chi connectivity index (χ0v) is 5.85. The Kier molecular flexibility index (Phi) is 1.35. The largest absolute Gasteiger partial charge is 0.392 e. The molecule has 0 heterocycles. The smallest absolute Gasteiger partial charge is 0.141 e. The van der Waals surface area contributed by atoms with E-state index in [1.54, 1.807) is 6.92 Å². The molecule has 1 aliphatic carbocycles. The minimum atomic E-state index is -0.473. The van der Waals surface area contributed by atoms with E-state index in [9.17, 15) is 4.79 Å². The predicted octanol–water partition coefficient (Wildman–Crippen LogP) is 0.736. The molecule has 0 spiro atoms. The highest BCUT2D eigenvalue weighted by molar-refractivity contribution is 5.90. The first-order chi connectivity index (χ1) is 4.07. The average Bonchev–Trinajstić information content (AvgIpc) is 1.82. The van der Waals surface area contributed by atoms with E-state index in [1.165, 1.54) is 0 Å². The number of ketones is 1. The molecule has 2 unspecified atom stereocenters.